The number of nitrogens with zero attached hydrogens (tertiary/aromatic N) is 1. The highest BCUT2D eigenvalue weighted by molar-refractivity contribution is 5.50. The highest BCUT2D eigenvalue weighted by Gasteiger charge is 2.15. The van der Waals surface area contributed by atoms with E-state index < -0.39 is 11.6 Å². The van der Waals surface area contributed by atoms with Crippen LogP contribution >= 0.6 is 0 Å². The van der Waals surface area contributed by atoms with Gasteiger partial charge >= 0.3 is 0 Å². The van der Waals surface area contributed by atoms with Crippen LogP contribution in [-0.4, -0.2) is 33.4 Å². The normalized spacial score (nSPS) is 11.2. The van der Waals surface area contributed by atoms with Crippen LogP contribution in [0.1, 0.15) is 25.8 Å². The lowest BCUT2D eigenvalue weighted by atomic mass is 10.1. The summed E-state index contributed by atoms with van der Waals surface area (Å²) in [4.78, 5) is 1.59. The van der Waals surface area contributed by atoms with Crippen molar-refractivity contribution in [2.75, 3.05) is 32.2 Å². The summed E-state index contributed by atoms with van der Waals surface area (Å²) >= 11 is 0. The molecule has 1 aromatic rings. The lowest BCUT2D eigenvalue weighted by Crippen LogP contribution is -2.24. The highest BCUT2D eigenvalue weighted by Crippen LogP contribution is 2.24. The van der Waals surface area contributed by atoms with Gasteiger partial charge in [0.05, 0.1) is 0 Å². The summed E-state index contributed by atoms with van der Waals surface area (Å²) in [5.41, 5.74) is 0.636. The molecule has 3 nitrogen and oxygen atoms in total. The van der Waals surface area contributed by atoms with Gasteiger partial charge in [0.25, 0.3) is 0 Å². The molecule has 0 heterocycles. The minimum absolute atomic E-state index is 0.0226. The maximum atomic E-state index is 14.1. The first-order valence-corrected chi connectivity index (χ1v) is 6.87. The molecule has 0 saturated carbocycles. The van der Waals surface area contributed by atoms with Crippen molar-refractivity contribution in [3.63, 3.8) is 0 Å². The number of benzene rings is 1. The Balaban J connectivity index is 2.77. The minimum Gasteiger partial charge on any atom is -0.385 e. The molecule has 20 heavy (non-hydrogen) atoms. The molecule has 0 spiro atoms. The smallest absolute Gasteiger partial charge is 0.149 e. The molecule has 0 aliphatic heterocycles. The summed E-state index contributed by atoms with van der Waals surface area (Å²) in [5.74, 6) is -1.05. The molecule has 1 rings (SSSR count). The lowest BCUT2D eigenvalue weighted by Gasteiger charge is -2.21. The van der Waals surface area contributed by atoms with E-state index in [1.54, 1.807) is 19.1 Å². The van der Waals surface area contributed by atoms with Crippen LogP contribution in [0.3, 0.4) is 0 Å². The van der Waals surface area contributed by atoms with Crippen LogP contribution < -0.4 is 10.2 Å². The summed E-state index contributed by atoms with van der Waals surface area (Å²) in [6.45, 7) is 5.56. The third-order valence-corrected chi connectivity index (χ3v) is 3.01. The van der Waals surface area contributed by atoms with E-state index in [-0.39, 0.29) is 11.7 Å². The van der Waals surface area contributed by atoms with E-state index in [2.05, 4.69) is 5.32 Å². The predicted octanol–water partition coefficient (Wildman–Crippen LogP) is 2.94. The van der Waals surface area contributed by atoms with E-state index in [9.17, 15) is 8.78 Å². The SMILES string of the molecule is COCCCN(C)c1c(F)cc(CNC(C)C)cc1F. The van der Waals surface area contributed by atoms with Gasteiger partial charge < -0.3 is 15.0 Å². The van der Waals surface area contributed by atoms with Gasteiger partial charge in [-0.25, -0.2) is 8.78 Å². The van der Waals surface area contributed by atoms with E-state index in [0.29, 0.717) is 25.3 Å². The topological polar surface area (TPSA) is 24.5 Å². The standard InChI is InChI=1S/C15H24F2N2O/c1-11(2)18-10-12-8-13(16)15(14(17)9-12)19(3)6-5-7-20-4/h8-9,11,18H,5-7,10H2,1-4H3. The zero-order valence-corrected chi connectivity index (χ0v) is 12.7. The fourth-order valence-electron chi connectivity index (χ4n) is 1.96. The fraction of sp³-hybridized carbons (Fsp3) is 0.600. The second-order valence-corrected chi connectivity index (χ2v) is 5.21. The molecule has 1 aromatic carbocycles. The molecule has 0 fully saturated rings. The first kappa shape index (κ1) is 16.9. The molecule has 0 amide bonds. The Labute approximate surface area is 119 Å². The molecule has 0 aliphatic carbocycles. The van der Waals surface area contributed by atoms with Crippen LogP contribution in [-0.2, 0) is 11.3 Å². The van der Waals surface area contributed by atoms with Crippen molar-refractivity contribution in [3.8, 4) is 0 Å². The van der Waals surface area contributed by atoms with Gasteiger partial charge in [-0.3, -0.25) is 0 Å². The van der Waals surface area contributed by atoms with Crippen LogP contribution in [0.2, 0.25) is 0 Å². The Morgan fingerprint density at radius 3 is 2.35 bits per heavy atom. The van der Waals surface area contributed by atoms with Gasteiger partial charge in [-0.2, -0.15) is 0 Å². The van der Waals surface area contributed by atoms with Crippen LogP contribution in [0, 0.1) is 11.6 Å². The molecule has 0 unspecified atom stereocenters. The van der Waals surface area contributed by atoms with Crippen molar-refractivity contribution in [1.29, 1.82) is 0 Å². The zero-order valence-electron chi connectivity index (χ0n) is 12.7. The monoisotopic (exact) mass is 286 g/mol. The van der Waals surface area contributed by atoms with Gasteiger partial charge in [-0.15, -0.1) is 0 Å². The number of methoxy groups -OCH3 is 1. The number of nitrogens with one attached hydrogen (secondary N) is 1. The van der Waals surface area contributed by atoms with Crippen LogP contribution in [0.5, 0.6) is 0 Å². The Bertz CT molecular complexity index is 401. The molecule has 0 saturated heterocycles. The Kier molecular flexibility index (Phi) is 6.88. The summed E-state index contributed by atoms with van der Waals surface area (Å²) < 4.78 is 33.0. The highest BCUT2D eigenvalue weighted by atomic mass is 19.1. The molecule has 0 bridgehead atoms. The second-order valence-electron chi connectivity index (χ2n) is 5.21. The average molecular weight is 286 g/mol. The third-order valence-electron chi connectivity index (χ3n) is 3.01. The second kappa shape index (κ2) is 8.17. The van der Waals surface area contributed by atoms with Crippen LogP contribution in [0.25, 0.3) is 0 Å². The molecule has 0 aliphatic rings. The Hall–Kier alpha value is -1.20. The van der Waals surface area contributed by atoms with E-state index in [1.165, 1.54) is 12.1 Å². The molecule has 5 heteroatoms. The minimum atomic E-state index is -0.523. The van der Waals surface area contributed by atoms with Crippen molar-refractivity contribution in [3.05, 3.63) is 29.3 Å². The largest absolute Gasteiger partial charge is 0.385 e. The summed E-state index contributed by atoms with van der Waals surface area (Å²) in [5, 5.41) is 3.14. The van der Waals surface area contributed by atoms with Gasteiger partial charge in [-0.05, 0) is 24.1 Å². The molecular formula is C15H24F2N2O. The van der Waals surface area contributed by atoms with E-state index in [1.807, 2.05) is 13.8 Å². The van der Waals surface area contributed by atoms with Crippen LogP contribution in [0.4, 0.5) is 14.5 Å². The van der Waals surface area contributed by atoms with Gasteiger partial charge in [0.15, 0.2) is 0 Å². The number of halogens is 2. The Morgan fingerprint density at radius 1 is 1.25 bits per heavy atom. The van der Waals surface area contributed by atoms with Crippen molar-refractivity contribution in [1.82, 2.24) is 5.32 Å². The summed E-state index contributed by atoms with van der Waals surface area (Å²) in [7, 11) is 3.29. The van der Waals surface area contributed by atoms with Crippen molar-refractivity contribution in [2.24, 2.45) is 0 Å². The van der Waals surface area contributed by atoms with Crippen LogP contribution in [0.15, 0.2) is 12.1 Å². The van der Waals surface area contributed by atoms with E-state index in [0.717, 1.165) is 6.42 Å². The number of rotatable bonds is 8. The molecule has 0 atom stereocenters. The molecule has 114 valence electrons. The maximum Gasteiger partial charge on any atom is 0.149 e. The number of hydrogen-bond acceptors (Lipinski definition) is 3. The number of anilines is 1. The molecule has 1 N–H and O–H groups in total. The lowest BCUT2D eigenvalue weighted by molar-refractivity contribution is 0.196. The summed E-state index contributed by atoms with van der Waals surface area (Å²) in [6, 6.07) is 3.05. The fourth-order valence-corrected chi connectivity index (χ4v) is 1.96. The third kappa shape index (κ3) is 5.06. The number of ether oxygens (including phenoxy) is 1. The molecule has 0 aromatic heterocycles. The van der Waals surface area contributed by atoms with Crippen molar-refractivity contribution >= 4 is 5.69 Å². The van der Waals surface area contributed by atoms with Gasteiger partial charge in [0, 0.05) is 39.9 Å². The molecule has 0 radical (unpaired) electrons. The van der Waals surface area contributed by atoms with E-state index >= 15 is 0 Å². The Morgan fingerprint density at radius 2 is 1.85 bits per heavy atom. The first-order valence-electron chi connectivity index (χ1n) is 6.87. The first-order chi connectivity index (χ1) is 9.45. The summed E-state index contributed by atoms with van der Waals surface area (Å²) in [6.07, 6.45) is 0.725. The zero-order chi connectivity index (χ0) is 15.1. The van der Waals surface area contributed by atoms with Gasteiger partial charge in [-0.1, -0.05) is 13.8 Å². The molecular weight excluding hydrogens is 262 g/mol. The van der Waals surface area contributed by atoms with Gasteiger partial charge in [0.2, 0.25) is 0 Å². The van der Waals surface area contributed by atoms with Crippen molar-refractivity contribution < 1.29 is 13.5 Å². The maximum absolute atomic E-state index is 14.1. The number of hydrogen-bond donors (Lipinski definition) is 1. The quantitative estimate of drug-likeness (QED) is 0.744. The van der Waals surface area contributed by atoms with E-state index in [4.69, 9.17) is 4.74 Å². The van der Waals surface area contributed by atoms with Gasteiger partial charge in [0.1, 0.15) is 17.3 Å². The predicted molar refractivity (Wildman–Crippen MR) is 78.1 cm³/mol. The average Bonchev–Trinajstić information content (AvgIpc) is 2.36. The van der Waals surface area contributed by atoms with Crippen molar-refractivity contribution in [2.45, 2.75) is 32.9 Å².